The van der Waals surface area contributed by atoms with Gasteiger partial charge in [-0.3, -0.25) is 43.2 Å². The van der Waals surface area contributed by atoms with Crippen LogP contribution in [0.3, 0.4) is 0 Å². The van der Waals surface area contributed by atoms with Gasteiger partial charge in [0.1, 0.15) is 17.3 Å². The van der Waals surface area contributed by atoms with Crippen molar-refractivity contribution in [3.63, 3.8) is 0 Å². The fourth-order valence-corrected chi connectivity index (χ4v) is 21.7. The zero-order valence-electron chi connectivity index (χ0n) is 69.2. The van der Waals surface area contributed by atoms with Gasteiger partial charge in [-0.1, -0.05) is 194 Å². The van der Waals surface area contributed by atoms with Crippen LogP contribution in [0.1, 0.15) is 147 Å². The van der Waals surface area contributed by atoms with E-state index in [2.05, 4.69) is 38.1 Å². The average molecular weight is 1790 g/mol. The van der Waals surface area contributed by atoms with E-state index in [-0.39, 0.29) is 83.2 Å². The Balaban J connectivity index is 0.000000115. The van der Waals surface area contributed by atoms with Gasteiger partial charge in [0.25, 0.3) is 35.4 Å². The summed E-state index contributed by atoms with van der Waals surface area (Å²) in [6.07, 6.45) is 3.46. The molecule has 4 saturated heterocycles. The Hall–Kier alpha value is -13.1. The van der Waals surface area contributed by atoms with E-state index in [4.69, 9.17) is 39.5 Å². The molecule has 0 radical (unpaired) electrons. The number of fused-ring (bicyclic) bond motifs is 13. The monoisotopic (exact) mass is 1790 g/mol. The van der Waals surface area contributed by atoms with Gasteiger partial charge in [-0.2, -0.15) is 8.78 Å². The van der Waals surface area contributed by atoms with Gasteiger partial charge in [0.2, 0.25) is 40.9 Å². The number of ether oxygens (including phenoxy) is 1. The topological polar surface area (TPSA) is 209 Å². The lowest BCUT2D eigenvalue weighted by Gasteiger charge is -2.51. The summed E-state index contributed by atoms with van der Waals surface area (Å²) in [6, 6.07) is 71.1. The maximum Gasteiger partial charge on any atom is 0.262 e. The van der Waals surface area contributed by atoms with E-state index in [1.165, 1.54) is 45.2 Å². The average Bonchev–Trinajstić information content (AvgIpc) is 1.56. The molecule has 0 spiro atoms. The number of nitrogens with zero attached hydrogens (tertiary/aromatic N) is 8. The maximum absolute atomic E-state index is 14.0. The van der Waals surface area contributed by atoms with Crippen molar-refractivity contribution in [2.75, 3.05) is 59.0 Å². The van der Waals surface area contributed by atoms with E-state index < -0.39 is 75.8 Å². The van der Waals surface area contributed by atoms with Crippen molar-refractivity contribution in [1.82, 2.24) is 39.2 Å². The molecule has 8 heterocycles. The zero-order chi connectivity index (χ0) is 89.9. The van der Waals surface area contributed by atoms with Gasteiger partial charge in [0, 0.05) is 159 Å². The molecule has 0 aromatic heterocycles. The minimum absolute atomic E-state index is 0.00869. The summed E-state index contributed by atoms with van der Waals surface area (Å²) in [6.45, 7) is 7.65. The molecule has 1 saturated carbocycles. The van der Waals surface area contributed by atoms with Gasteiger partial charge in [-0.25, -0.2) is 17.6 Å². The molecule has 5 unspecified atom stereocenters. The Morgan fingerprint density at radius 1 is 0.391 bits per heavy atom. The molecule has 0 bridgehead atoms. The number of benzene rings is 11. The van der Waals surface area contributed by atoms with Crippen LogP contribution in [0.25, 0.3) is 0 Å². The first-order chi connectivity index (χ1) is 61.5. The number of Topliss-reactive ketones (excluding diaryl/α,β-unsaturated/α-hetero) is 1. The summed E-state index contributed by atoms with van der Waals surface area (Å²) >= 11 is 18.4. The highest BCUT2D eigenvalue weighted by Crippen LogP contribution is 2.58. The Morgan fingerprint density at radius 2 is 0.711 bits per heavy atom. The maximum atomic E-state index is 14.0. The molecular weight excluding hydrogens is 1710 g/mol. The number of aromatic hydroxyl groups is 1. The van der Waals surface area contributed by atoms with Crippen LogP contribution in [0.15, 0.2) is 243 Å². The number of phenolic OH excluding ortho intramolecular Hbond substituents is 1. The van der Waals surface area contributed by atoms with Crippen LogP contribution in [-0.4, -0.2) is 156 Å². The fraction of sp³-hybridized carbons (Fsp3) is 0.250. The first kappa shape index (κ1) is 85.7. The summed E-state index contributed by atoms with van der Waals surface area (Å²) in [4.78, 5) is 133. The second-order valence-corrected chi connectivity index (χ2v) is 35.2. The van der Waals surface area contributed by atoms with Crippen molar-refractivity contribution in [2.45, 2.75) is 75.5 Å². The largest absolute Gasteiger partial charge is 0.508 e. The van der Waals surface area contributed by atoms with E-state index in [9.17, 15) is 74.6 Å². The number of hydrogen-bond acceptors (Lipinski definition) is 11. The molecule has 1 N–H and O–H groups in total. The quantitative estimate of drug-likeness (QED) is 0.0652. The van der Waals surface area contributed by atoms with Crippen LogP contribution < -0.4 is 4.74 Å². The standard InChI is InChI=1S/C27H23ClN2O2.C26H27ClN2O3.C24H14ClF5N2O3.C23H17FN2O3/c28-22-11-9-21(10-12-22)27-24-8-4-3-7-23(24)26(32)30(27)14-13-29(27)25(31)17-18-15-19-5-1-2-6-20(19)16-18;1-16(30)22-14-18(25(22,2)3)15-23(31)28-12-13-29-24(32)20-6-4-5-7-21(20)26(28,29)17-8-10-19(27)11-9-17;25-13-7-5-12(6-8-13)24-15-4-2-1-3-14(15)23(34)32(24)10-9-31(24)16(33)11-35-22-20(29)18(27)17(26)19(28)21(22)30;24-17-9-5-15(6-10-17)21(28)25-13-14-26-22(29)19-3-1-2-4-20(19)23(25,26)16-7-11-18(27)12-8-16/h1-12,18H,13-17H2;4-11,18,22H,12-15H2,1-3H3;1-8H,9-11H2;1-12,27H,13-14H2/t;18?,22-,26?;;/m.1../s1. The Labute approximate surface area is 747 Å². The third-order valence-corrected chi connectivity index (χ3v) is 27.9. The molecule has 21 rings (SSSR count). The van der Waals surface area contributed by atoms with Crippen LogP contribution in [0, 0.1) is 58.1 Å². The number of phenols is 1. The van der Waals surface area contributed by atoms with E-state index in [1.54, 1.807) is 102 Å². The Kier molecular flexibility index (Phi) is 22.1. The predicted molar refractivity (Wildman–Crippen MR) is 462 cm³/mol. The Morgan fingerprint density at radius 3 is 1.08 bits per heavy atom. The number of ketones is 1. The summed E-state index contributed by atoms with van der Waals surface area (Å²) in [5.41, 5.74) is 6.65. The molecule has 8 aliphatic heterocycles. The van der Waals surface area contributed by atoms with Crippen LogP contribution >= 0.6 is 34.8 Å². The predicted octanol–water partition coefficient (Wildman–Crippen LogP) is 17.1. The lowest BCUT2D eigenvalue weighted by molar-refractivity contribution is -0.148. The summed E-state index contributed by atoms with van der Waals surface area (Å²) in [5.74, 6) is -13.9. The third-order valence-electron chi connectivity index (χ3n) is 27.2. The van der Waals surface area contributed by atoms with Crippen LogP contribution in [0.5, 0.6) is 11.5 Å². The molecule has 10 aliphatic rings. The molecule has 6 atom stereocenters. The Bertz CT molecular complexity index is 6360. The highest BCUT2D eigenvalue weighted by Gasteiger charge is 2.65. The molecule has 650 valence electrons. The molecule has 28 heteroatoms. The molecule has 8 amide bonds. The van der Waals surface area contributed by atoms with Gasteiger partial charge in [0.15, 0.2) is 35.0 Å². The van der Waals surface area contributed by atoms with Crippen molar-refractivity contribution in [3.8, 4) is 11.5 Å². The van der Waals surface area contributed by atoms with Crippen LogP contribution in [0.2, 0.25) is 15.1 Å². The lowest BCUT2D eigenvalue weighted by atomic mass is 9.52. The normalized spacial score (nSPS) is 21.9. The van der Waals surface area contributed by atoms with Crippen molar-refractivity contribution in [3.05, 3.63) is 376 Å². The zero-order valence-corrected chi connectivity index (χ0v) is 71.5. The first-order valence-corrected chi connectivity index (χ1v) is 43.1. The van der Waals surface area contributed by atoms with Crippen molar-refractivity contribution >= 4 is 87.8 Å². The molecular formula is C100H81Cl3F6N8O11. The van der Waals surface area contributed by atoms with E-state index in [1.807, 2.05) is 129 Å². The van der Waals surface area contributed by atoms with Crippen LogP contribution in [-0.2, 0) is 54.7 Å². The van der Waals surface area contributed by atoms with Crippen molar-refractivity contribution in [1.29, 1.82) is 0 Å². The van der Waals surface area contributed by atoms with Gasteiger partial charge in [0.05, 0.1) is 0 Å². The highest BCUT2D eigenvalue weighted by atomic mass is 35.5. The summed E-state index contributed by atoms with van der Waals surface area (Å²) < 4.78 is 86.6. The van der Waals surface area contributed by atoms with Crippen LogP contribution in [0.4, 0.5) is 26.3 Å². The number of carbonyl (C=O) groups excluding carboxylic acids is 9. The molecule has 5 fully saturated rings. The van der Waals surface area contributed by atoms with E-state index in [0.29, 0.717) is 118 Å². The first-order valence-electron chi connectivity index (χ1n) is 41.9. The minimum atomic E-state index is -2.34. The highest BCUT2D eigenvalue weighted by molar-refractivity contribution is 6.31. The number of hydrogen-bond donors (Lipinski definition) is 1. The SMILES string of the molecule is CC(=O)[C@H]1CC(CC(=O)N2CCN3C(=O)c4ccccc4C23c2ccc(Cl)cc2)C1(C)C.O=C(CC1Cc2ccccc2C1)N1CCN2C(=O)c3ccccc3C12c1ccc(Cl)cc1.O=C(COc1c(F)c(F)c(F)c(F)c1F)N1CCN2C(=O)c3ccccc3C12c1ccc(Cl)cc1.O=C(c1ccc(F)cc1)N1CCN2C(=O)c3ccccc3C12c1ccc(O)cc1. The van der Waals surface area contributed by atoms with Crippen molar-refractivity contribution < 1.29 is 79.3 Å². The number of carbonyl (C=O) groups is 9. The fourth-order valence-electron chi connectivity index (χ4n) is 21.3. The second kappa shape index (κ2) is 33.0. The minimum Gasteiger partial charge on any atom is -0.508 e. The molecule has 11 aromatic rings. The smallest absolute Gasteiger partial charge is 0.262 e. The molecule has 2 aliphatic carbocycles. The van der Waals surface area contributed by atoms with E-state index in [0.717, 1.165) is 47.1 Å². The lowest BCUT2D eigenvalue weighted by Crippen LogP contribution is -2.54. The summed E-state index contributed by atoms with van der Waals surface area (Å²) in [7, 11) is 0. The number of halogens is 9. The molecule has 19 nitrogen and oxygen atoms in total. The second-order valence-electron chi connectivity index (χ2n) is 33.9. The van der Waals surface area contributed by atoms with Crippen molar-refractivity contribution in [2.24, 2.45) is 23.2 Å². The summed E-state index contributed by atoms with van der Waals surface area (Å²) in [5, 5.41) is 11.4. The van der Waals surface area contributed by atoms with Gasteiger partial charge in [-0.05, 0) is 152 Å². The molecule has 11 aromatic carbocycles. The van der Waals surface area contributed by atoms with Gasteiger partial charge < -0.3 is 49.0 Å². The number of rotatable bonds is 13. The number of amides is 8. The van der Waals surface area contributed by atoms with Gasteiger partial charge >= 0.3 is 0 Å². The molecule has 128 heavy (non-hydrogen) atoms. The third kappa shape index (κ3) is 13.4. The van der Waals surface area contributed by atoms with Gasteiger partial charge in [-0.15, -0.1) is 0 Å². The van der Waals surface area contributed by atoms with E-state index >= 15 is 0 Å².